The van der Waals surface area contributed by atoms with Gasteiger partial charge in [0.05, 0.1) is 23.0 Å². The molecule has 0 aliphatic heterocycles. The number of nitro groups is 1. The van der Waals surface area contributed by atoms with Crippen molar-refractivity contribution in [2.75, 3.05) is 7.11 Å². The summed E-state index contributed by atoms with van der Waals surface area (Å²) in [6.45, 7) is 3.67. The summed E-state index contributed by atoms with van der Waals surface area (Å²) >= 11 is 0. The van der Waals surface area contributed by atoms with Gasteiger partial charge in [-0.3, -0.25) is 14.9 Å². The first-order valence-corrected chi connectivity index (χ1v) is 9.97. The first kappa shape index (κ1) is 21.8. The third-order valence-corrected chi connectivity index (χ3v) is 5.16. The minimum absolute atomic E-state index is 0.0569. The Labute approximate surface area is 188 Å². The lowest BCUT2D eigenvalue weighted by molar-refractivity contribution is -0.384. The molecule has 0 aliphatic rings. The molecule has 0 saturated heterocycles. The van der Waals surface area contributed by atoms with Crippen LogP contribution in [0.4, 0.5) is 5.69 Å². The molecule has 4 aromatic rings. The molecule has 1 aromatic heterocycles. The molecule has 0 fully saturated rings. The number of nitro benzene ring substituents is 1. The van der Waals surface area contributed by atoms with E-state index in [1.54, 1.807) is 37.3 Å². The van der Waals surface area contributed by atoms with Gasteiger partial charge in [0.2, 0.25) is 11.2 Å². The van der Waals surface area contributed by atoms with E-state index in [2.05, 4.69) is 0 Å². The average molecular weight is 445 g/mol. The van der Waals surface area contributed by atoms with Crippen molar-refractivity contribution in [3.8, 4) is 22.8 Å². The van der Waals surface area contributed by atoms with Crippen LogP contribution in [0.2, 0.25) is 0 Å². The lowest BCUT2D eigenvalue weighted by atomic mass is 10.0. The van der Waals surface area contributed by atoms with Crippen molar-refractivity contribution < 1.29 is 23.6 Å². The Kier molecular flexibility index (Phi) is 5.66. The van der Waals surface area contributed by atoms with Gasteiger partial charge in [0.25, 0.3) is 5.69 Å². The second-order valence-corrected chi connectivity index (χ2v) is 7.47. The molecule has 8 heteroatoms. The van der Waals surface area contributed by atoms with E-state index in [-0.39, 0.29) is 22.8 Å². The summed E-state index contributed by atoms with van der Waals surface area (Å²) in [5.41, 5.74) is 1.89. The number of carbonyl (C=O) groups is 1. The van der Waals surface area contributed by atoms with Crippen molar-refractivity contribution in [3.63, 3.8) is 0 Å². The number of carbonyl (C=O) groups excluding carboxylic acids is 1. The second kappa shape index (κ2) is 8.58. The van der Waals surface area contributed by atoms with Crippen LogP contribution in [0.3, 0.4) is 0 Å². The van der Waals surface area contributed by atoms with E-state index >= 15 is 0 Å². The van der Waals surface area contributed by atoms with Gasteiger partial charge in [0, 0.05) is 17.7 Å². The third-order valence-electron chi connectivity index (χ3n) is 5.16. The van der Waals surface area contributed by atoms with Crippen molar-refractivity contribution in [1.82, 2.24) is 0 Å². The largest absolute Gasteiger partial charge is 0.497 e. The summed E-state index contributed by atoms with van der Waals surface area (Å²) in [5, 5.41) is 11.2. The van der Waals surface area contributed by atoms with E-state index in [4.69, 9.17) is 13.9 Å². The summed E-state index contributed by atoms with van der Waals surface area (Å²) in [4.78, 5) is 36.6. The fourth-order valence-electron chi connectivity index (χ4n) is 3.57. The second-order valence-electron chi connectivity index (χ2n) is 7.47. The molecule has 0 aliphatic carbocycles. The Morgan fingerprint density at radius 1 is 1.00 bits per heavy atom. The van der Waals surface area contributed by atoms with Gasteiger partial charge in [-0.1, -0.05) is 6.07 Å². The Balaban J connectivity index is 1.87. The number of non-ortho nitro benzene ring substituents is 1. The molecule has 166 valence electrons. The lowest BCUT2D eigenvalue weighted by Crippen LogP contribution is -2.17. The molecule has 33 heavy (non-hydrogen) atoms. The van der Waals surface area contributed by atoms with Crippen molar-refractivity contribution >= 4 is 22.6 Å². The molecule has 4 rings (SSSR count). The van der Waals surface area contributed by atoms with Gasteiger partial charge < -0.3 is 13.9 Å². The van der Waals surface area contributed by atoms with Crippen LogP contribution < -0.4 is 14.9 Å². The van der Waals surface area contributed by atoms with Gasteiger partial charge in [-0.15, -0.1) is 0 Å². The summed E-state index contributed by atoms with van der Waals surface area (Å²) in [6.07, 6.45) is 0. The fraction of sp³-hybridized carbons (Fsp3) is 0.120. The number of hydrogen-bond acceptors (Lipinski definition) is 7. The van der Waals surface area contributed by atoms with E-state index in [1.165, 1.54) is 31.4 Å². The Morgan fingerprint density at radius 2 is 1.67 bits per heavy atom. The van der Waals surface area contributed by atoms with Gasteiger partial charge in [0.1, 0.15) is 11.3 Å². The van der Waals surface area contributed by atoms with Crippen LogP contribution in [0.15, 0.2) is 69.9 Å². The van der Waals surface area contributed by atoms with Gasteiger partial charge in [-0.2, -0.15) is 0 Å². The molecule has 3 aromatic carbocycles. The number of rotatable bonds is 5. The zero-order chi connectivity index (χ0) is 23.7. The number of hydrogen-bond donors (Lipinski definition) is 0. The Bertz CT molecular complexity index is 1440. The molecular formula is C25H19NO7. The number of nitrogens with zero attached hydrogens (tertiary/aromatic N) is 1. The zero-order valence-corrected chi connectivity index (χ0v) is 18.1. The van der Waals surface area contributed by atoms with Gasteiger partial charge in [-0.05, 0) is 67.4 Å². The molecule has 0 N–H and O–H groups in total. The molecule has 0 atom stereocenters. The fourth-order valence-corrected chi connectivity index (χ4v) is 3.57. The Hall–Kier alpha value is -4.46. The summed E-state index contributed by atoms with van der Waals surface area (Å²) in [5.74, 6) is -0.396. The standard InChI is InChI=1S/C25H19NO7/c1-14-12-15(2)21-20(13-14)32-23(16-6-10-19(31-3)11-7-16)24(22(21)27)33-25(28)17-4-8-18(9-5-17)26(29)30/h4-13H,1-3H3. The monoisotopic (exact) mass is 445 g/mol. The number of methoxy groups -OCH3 is 1. The maximum absolute atomic E-state index is 13.4. The van der Waals surface area contributed by atoms with E-state index in [0.717, 1.165) is 5.56 Å². The highest BCUT2D eigenvalue weighted by Crippen LogP contribution is 2.33. The first-order chi connectivity index (χ1) is 15.8. The predicted molar refractivity (Wildman–Crippen MR) is 122 cm³/mol. The SMILES string of the molecule is COc1ccc(-c2oc3cc(C)cc(C)c3c(=O)c2OC(=O)c2ccc([N+](=O)[O-])cc2)cc1. The maximum Gasteiger partial charge on any atom is 0.343 e. The molecule has 0 spiro atoms. The quantitative estimate of drug-likeness (QED) is 0.236. The molecule has 0 bridgehead atoms. The van der Waals surface area contributed by atoms with E-state index in [1.807, 2.05) is 13.0 Å². The van der Waals surface area contributed by atoms with E-state index in [9.17, 15) is 19.7 Å². The molecule has 0 radical (unpaired) electrons. The number of ether oxygens (including phenoxy) is 2. The number of aryl methyl sites for hydroxylation is 2. The van der Waals surface area contributed by atoms with Gasteiger partial charge >= 0.3 is 5.97 Å². The predicted octanol–water partition coefficient (Wildman–Crippen LogP) is 5.21. The minimum Gasteiger partial charge on any atom is -0.497 e. The van der Waals surface area contributed by atoms with Crippen LogP contribution in [-0.2, 0) is 0 Å². The van der Waals surface area contributed by atoms with Crippen LogP contribution >= 0.6 is 0 Å². The van der Waals surface area contributed by atoms with E-state index < -0.39 is 16.3 Å². The smallest absolute Gasteiger partial charge is 0.343 e. The van der Waals surface area contributed by atoms with Crippen LogP contribution in [0.5, 0.6) is 11.5 Å². The van der Waals surface area contributed by atoms with Crippen molar-refractivity contribution in [3.05, 3.63) is 97.7 Å². The van der Waals surface area contributed by atoms with Crippen LogP contribution in [0, 0.1) is 24.0 Å². The lowest BCUT2D eigenvalue weighted by Gasteiger charge is -2.12. The zero-order valence-electron chi connectivity index (χ0n) is 18.1. The van der Waals surface area contributed by atoms with Crippen LogP contribution in [-0.4, -0.2) is 18.0 Å². The molecule has 8 nitrogen and oxygen atoms in total. The van der Waals surface area contributed by atoms with Crippen LogP contribution in [0.1, 0.15) is 21.5 Å². The summed E-state index contributed by atoms with van der Waals surface area (Å²) in [6, 6.07) is 15.3. The highest BCUT2D eigenvalue weighted by atomic mass is 16.6. The molecule has 0 unspecified atom stereocenters. The van der Waals surface area contributed by atoms with E-state index in [0.29, 0.717) is 27.8 Å². The van der Waals surface area contributed by atoms with Crippen molar-refractivity contribution in [2.45, 2.75) is 13.8 Å². The molecule has 1 heterocycles. The minimum atomic E-state index is -0.837. The highest BCUT2D eigenvalue weighted by Gasteiger charge is 2.23. The molecule has 0 saturated carbocycles. The van der Waals surface area contributed by atoms with Crippen molar-refractivity contribution in [2.24, 2.45) is 0 Å². The topological polar surface area (TPSA) is 109 Å². The maximum atomic E-state index is 13.4. The Morgan fingerprint density at radius 3 is 2.27 bits per heavy atom. The molecular weight excluding hydrogens is 426 g/mol. The van der Waals surface area contributed by atoms with Crippen molar-refractivity contribution in [1.29, 1.82) is 0 Å². The first-order valence-electron chi connectivity index (χ1n) is 9.97. The summed E-state index contributed by atoms with van der Waals surface area (Å²) in [7, 11) is 1.54. The average Bonchev–Trinajstić information content (AvgIpc) is 2.80. The number of benzene rings is 3. The normalized spacial score (nSPS) is 10.8. The number of fused-ring (bicyclic) bond motifs is 1. The molecule has 0 amide bonds. The van der Waals surface area contributed by atoms with Gasteiger partial charge in [0.15, 0.2) is 5.76 Å². The van der Waals surface area contributed by atoms with Gasteiger partial charge in [-0.25, -0.2) is 4.79 Å². The summed E-state index contributed by atoms with van der Waals surface area (Å²) < 4.78 is 16.8. The van der Waals surface area contributed by atoms with Crippen LogP contribution in [0.25, 0.3) is 22.3 Å². The highest BCUT2D eigenvalue weighted by molar-refractivity contribution is 5.93. The number of esters is 1. The third kappa shape index (κ3) is 4.18.